The first-order valence-electron chi connectivity index (χ1n) is 7.37. The molecule has 6 heteroatoms. The van der Waals surface area contributed by atoms with Crippen LogP contribution in [0.1, 0.15) is 17.5 Å². The molecule has 1 unspecified atom stereocenters. The van der Waals surface area contributed by atoms with Gasteiger partial charge in [0.2, 0.25) is 5.89 Å². The SMILES string of the molecule is N#CC(C(=O)Cc1noc2ccccc12)c1nc2ccccc2o1. The largest absolute Gasteiger partial charge is 0.439 e. The molecule has 0 aliphatic carbocycles. The molecule has 0 saturated carbocycles. The highest BCUT2D eigenvalue weighted by atomic mass is 16.5. The van der Waals surface area contributed by atoms with Crippen molar-refractivity contribution in [2.75, 3.05) is 0 Å². The molecule has 1 atom stereocenters. The minimum atomic E-state index is -1.08. The molecule has 0 radical (unpaired) electrons. The van der Waals surface area contributed by atoms with Gasteiger partial charge in [-0.2, -0.15) is 5.26 Å². The zero-order valence-corrected chi connectivity index (χ0v) is 12.5. The van der Waals surface area contributed by atoms with Gasteiger partial charge in [0.25, 0.3) is 0 Å². The molecule has 0 fully saturated rings. The highest BCUT2D eigenvalue weighted by molar-refractivity contribution is 5.92. The lowest BCUT2D eigenvalue weighted by Gasteiger charge is -2.02. The average Bonchev–Trinajstić information content (AvgIpc) is 3.20. The molecule has 116 valence electrons. The Kier molecular flexibility index (Phi) is 3.32. The molecule has 0 spiro atoms. The first-order chi connectivity index (χ1) is 11.8. The van der Waals surface area contributed by atoms with E-state index in [-0.39, 0.29) is 18.1 Å². The Morgan fingerprint density at radius 1 is 1.12 bits per heavy atom. The number of hydrogen-bond acceptors (Lipinski definition) is 6. The van der Waals surface area contributed by atoms with Crippen LogP contribution in [0.2, 0.25) is 0 Å². The van der Waals surface area contributed by atoms with Crippen molar-refractivity contribution in [2.24, 2.45) is 0 Å². The monoisotopic (exact) mass is 317 g/mol. The van der Waals surface area contributed by atoms with Crippen LogP contribution < -0.4 is 0 Å². The second-order valence-corrected chi connectivity index (χ2v) is 5.35. The van der Waals surface area contributed by atoms with Gasteiger partial charge in [0.05, 0.1) is 18.2 Å². The molecular weight excluding hydrogens is 306 g/mol. The van der Waals surface area contributed by atoms with Crippen LogP contribution in [0, 0.1) is 11.3 Å². The van der Waals surface area contributed by atoms with Gasteiger partial charge < -0.3 is 8.94 Å². The van der Waals surface area contributed by atoms with Crippen LogP contribution in [0.25, 0.3) is 22.1 Å². The summed E-state index contributed by atoms with van der Waals surface area (Å²) in [4.78, 5) is 16.8. The second-order valence-electron chi connectivity index (χ2n) is 5.35. The van der Waals surface area contributed by atoms with E-state index in [9.17, 15) is 10.1 Å². The summed E-state index contributed by atoms with van der Waals surface area (Å²) in [5.74, 6) is -1.30. The summed E-state index contributed by atoms with van der Waals surface area (Å²) in [5.41, 5.74) is 2.28. The Morgan fingerprint density at radius 2 is 1.88 bits per heavy atom. The molecule has 0 aliphatic rings. The normalized spacial score (nSPS) is 12.3. The number of Topliss-reactive ketones (excluding diaryl/α,β-unsaturated/α-hetero) is 1. The summed E-state index contributed by atoms with van der Waals surface area (Å²) in [6.45, 7) is 0. The number of nitriles is 1. The van der Waals surface area contributed by atoms with Crippen molar-refractivity contribution in [3.8, 4) is 6.07 Å². The van der Waals surface area contributed by atoms with Gasteiger partial charge in [-0.05, 0) is 24.3 Å². The van der Waals surface area contributed by atoms with Gasteiger partial charge in [-0.15, -0.1) is 0 Å². The number of fused-ring (bicyclic) bond motifs is 2. The number of nitrogens with zero attached hydrogens (tertiary/aromatic N) is 3. The third-order valence-corrected chi connectivity index (χ3v) is 3.80. The number of carbonyl (C=O) groups excluding carboxylic acids is 1. The molecule has 6 nitrogen and oxygen atoms in total. The zero-order valence-electron chi connectivity index (χ0n) is 12.5. The Hall–Kier alpha value is -3.46. The van der Waals surface area contributed by atoms with Crippen LogP contribution in [0.5, 0.6) is 0 Å². The zero-order chi connectivity index (χ0) is 16.5. The number of oxazole rings is 1. The molecule has 24 heavy (non-hydrogen) atoms. The van der Waals surface area contributed by atoms with E-state index in [0.717, 1.165) is 5.39 Å². The van der Waals surface area contributed by atoms with Crippen molar-refractivity contribution in [3.05, 3.63) is 60.1 Å². The van der Waals surface area contributed by atoms with Gasteiger partial charge in [-0.3, -0.25) is 4.79 Å². The number of carbonyl (C=O) groups is 1. The van der Waals surface area contributed by atoms with Gasteiger partial charge in [-0.25, -0.2) is 4.98 Å². The maximum absolute atomic E-state index is 12.6. The number of ketones is 1. The van der Waals surface area contributed by atoms with E-state index in [1.807, 2.05) is 36.4 Å². The predicted molar refractivity (Wildman–Crippen MR) is 85.1 cm³/mol. The number of para-hydroxylation sites is 3. The first kappa shape index (κ1) is 14.2. The van der Waals surface area contributed by atoms with Gasteiger partial charge in [0.1, 0.15) is 5.52 Å². The molecule has 4 rings (SSSR count). The molecule has 0 amide bonds. The average molecular weight is 317 g/mol. The standard InChI is InChI=1S/C18H11N3O3/c19-10-12(18-20-13-6-2-4-8-17(13)23-18)15(22)9-14-11-5-1-3-7-16(11)24-21-14/h1-8,12H,9H2. The Balaban J connectivity index is 1.65. The third kappa shape index (κ3) is 2.32. The fourth-order valence-electron chi connectivity index (χ4n) is 2.61. The summed E-state index contributed by atoms with van der Waals surface area (Å²) >= 11 is 0. The van der Waals surface area contributed by atoms with Crippen molar-refractivity contribution < 1.29 is 13.7 Å². The minimum Gasteiger partial charge on any atom is -0.439 e. The van der Waals surface area contributed by atoms with Crippen molar-refractivity contribution in [1.82, 2.24) is 10.1 Å². The number of hydrogen-bond donors (Lipinski definition) is 0. The van der Waals surface area contributed by atoms with E-state index in [0.29, 0.717) is 22.4 Å². The first-order valence-corrected chi connectivity index (χ1v) is 7.37. The Labute approximate surface area is 136 Å². The molecule has 2 heterocycles. The van der Waals surface area contributed by atoms with Gasteiger partial charge in [0.15, 0.2) is 22.9 Å². The fourth-order valence-corrected chi connectivity index (χ4v) is 2.61. The van der Waals surface area contributed by atoms with Crippen molar-refractivity contribution in [1.29, 1.82) is 5.26 Å². The molecule has 0 N–H and O–H groups in total. The highest BCUT2D eigenvalue weighted by Crippen LogP contribution is 2.24. The summed E-state index contributed by atoms with van der Waals surface area (Å²) in [6.07, 6.45) is -0.0199. The van der Waals surface area contributed by atoms with E-state index in [1.165, 1.54) is 0 Å². The Morgan fingerprint density at radius 3 is 2.67 bits per heavy atom. The lowest BCUT2D eigenvalue weighted by atomic mass is 10.0. The quantitative estimate of drug-likeness (QED) is 0.573. The van der Waals surface area contributed by atoms with Gasteiger partial charge in [-0.1, -0.05) is 29.4 Å². The van der Waals surface area contributed by atoms with E-state index in [4.69, 9.17) is 8.94 Å². The maximum atomic E-state index is 12.6. The van der Waals surface area contributed by atoms with Gasteiger partial charge in [0, 0.05) is 5.39 Å². The molecular formula is C18H11N3O3. The van der Waals surface area contributed by atoms with Crippen molar-refractivity contribution in [2.45, 2.75) is 12.3 Å². The smallest absolute Gasteiger partial charge is 0.220 e. The van der Waals surface area contributed by atoms with Crippen LogP contribution >= 0.6 is 0 Å². The third-order valence-electron chi connectivity index (χ3n) is 3.80. The molecule has 2 aromatic carbocycles. The summed E-state index contributed by atoms with van der Waals surface area (Å²) in [7, 11) is 0. The molecule has 2 aromatic heterocycles. The van der Waals surface area contributed by atoms with Crippen molar-refractivity contribution in [3.63, 3.8) is 0 Å². The van der Waals surface area contributed by atoms with E-state index >= 15 is 0 Å². The topological polar surface area (TPSA) is 92.9 Å². The number of aromatic nitrogens is 2. The van der Waals surface area contributed by atoms with Crippen LogP contribution in [0.3, 0.4) is 0 Å². The molecule has 0 saturated heterocycles. The summed E-state index contributed by atoms with van der Waals surface area (Å²) in [6, 6.07) is 16.4. The number of rotatable bonds is 4. The highest BCUT2D eigenvalue weighted by Gasteiger charge is 2.27. The summed E-state index contributed by atoms with van der Waals surface area (Å²) < 4.78 is 10.7. The molecule has 4 aromatic rings. The second kappa shape index (κ2) is 5.63. The minimum absolute atomic E-state index is 0.0199. The van der Waals surface area contributed by atoms with Crippen LogP contribution in [0.15, 0.2) is 57.5 Å². The maximum Gasteiger partial charge on any atom is 0.220 e. The van der Waals surface area contributed by atoms with Crippen LogP contribution in [-0.2, 0) is 11.2 Å². The summed E-state index contributed by atoms with van der Waals surface area (Å²) in [5, 5.41) is 14.1. The van der Waals surface area contributed by atoms with E-state index < -0.39 is 5.92 Å². The fraction of sp³-hybridized carbons (Fsp3) is 0.111. The van der Waals surface area contributed by atoms with E-state index in [1.54, 1.807) is 18.2 Å². The van der Waals surface area contributed by atoms with Crippen molar-refractivity contribution >= 4 is 27.9 Å². The van der Waals surface area contributed by atoms with Gasteiger partial charge >= 0.3 is 0 Å². The lowest BCUT2D eigenvalue weighted by molar-refractivity contribution is -0.119. The van der Waals surface area contributed by atoms with Crippen LogP contribution in [0.4, 0.5) is 0 Å². The van der Waals surface area contributed by atoms with E-state index in [2.05, 4.69) is 10.1 Å². The molecule has 0 bridgehead atoms. The Bertz CT molecular complexity index is 1050. The molecule has 0 aliphatic heterocycles. The lowest BCUT2D eigenvalue weighted by Crippen LogP contribution is -2.14. The van der Waals surface area contributed by atoms with Crippen LogP contribution in [-0.4, -0.2) is 15.9 Å². The predicted octanol–water partition coefficient (Wildman–Crippen LogP) is 3.39. The number of benzene rings is 2.